The summed E-state index contributed by atoms with van der Waals surface area (Å²) in [7, 11) is 0. The molecule has 0 radical (unpaired) electrons. The van der Waals surface area contributed by atoms with Gasteiger partial charge in [0.1, 0.15) is 0 Å². The van der Waals surface area contributed by atoms with E-state index < -0.39 is 0 Å². The molecule has 0 aromatic carbocycles. The lowest BCUT2D eigenvalue weighted by molar-refractivity contribution is 0.0405. The predicted octanol–water partition coefficient (Wildman–Crippen LogP) is 2.39. The Morgan fingerprint density at radius 1 is 1.00 bits per heavy atom. The second-order valence-electron chi connectivity index (χ2n) is 2.05. The Morgan fingerprint density at radius 2 is 1.42 bits per heavy atom. The van der Waals surface area contributed by atoms with E-state index in [1.807, 2.05) is 27.7 Å². The first-order chi connectivity index (χ1) is 5.93. The molecule has 0 aliphatic carbocycles. The highest BCUT2D eigenvalue weighted by Gasteiger charge is 2.05. The normalized spacial score (nSPS) is 16.8. The Hall–Kier alpha value is -0.0800. The summed E-state index contributed by atoms with van der Waals surface area (Å²) in [6.45, 7) is 15.4. The Labute approximate surface area is 77.9 Å². The van der Waals surface area contributed by atoms with Crippen molar-refractivity contribution in [3.05, 3.63) is 0 Å². The molecule has 1 heterocycles. The summed E-state index contributed by atoms with van der Waals surface area (Å²) in [5.41, 5.74) is 0. The summed E-state index contributed by atoms with van der Waals surface area (Å²) < 4.78 is 5.16. The minimum Gasteiger partial charge on any atom is -0.379 e. The summed E-state index contributed by atoms with van der Waals surface area (Å²) in [5, 5.41) is 0. The van der Waals surface area contributed by atoms with Crippen molar-refractivity contribution >= 4 is 0 Å². The third-order valence-corrected chi connectivity index (χ3v) is 1.55. The zero-order valence-electron chi connectivity index (χ0n) is 9.39. The Morgan fingerprint density at radius 3 is 1.67 bits per heavy atom. The van der Waals surface area contributed by atoms with E-state index in [1.54, 1.807) is 0 Å². The maximum Gasteiger partial charge on any atom is 0.0594 e. The van der Waals surface area contributed by atoms with Gasteiger partial charge in [-0.1, -0.05) is 34.6 Å². The van der Waals surface area contributed by atoms with E-state index in [0.29, 0.717) is 0 Å². The van der Waals surface area contributed by atoms with Crippen LogP contribution >= 0.6 is 0 Å². The lowest BCUT2D eigenvalue weighted by Gasteiger charge is -2.24. The molecule has 1 saturated heterocycles. The monoisotopic (exact) mass is 175 g/mol. The van der Waals surface area contributed by atoms with Crippen molar-refractivity contribution in [2.24, 2.45) is 0 Å². The van der Waals surface area contributed by atoms with Crippen LogP contribution in [0.5, 0.6) is 0 Å². The van der Waals surface area contributed by atoms with E-state index >= 15 is 0 Å². The van der Waals surface area contributed by atoms with Crippen molar-refractivity contribution in [3.8, 4) is 0 Å². The molecular formula is C10H25NO. The first-order valence-electron chi connectivity index (χ1n) is 5.23. The third kappa shape index (κ3) is 8.02. The smallest absolute Gasteiger partial charge is 0.0594 e. The Kier molecular flexibility index (Phi) is 16.3. The fourth-order valence-electron chi connectivity index (χ4n) is 0.917. The minimum atomic E-state index is 0.924. The van der Waals surface area contributed by atoms with E-state index in [4.69, 9.17) is 4.74 Å². The van der Waals surface area contributed by atoms with Crippen LogP contribution in [0, 0.1) is 0 Å². The van der Waals surface area contributed by atoms with Crippen LogP contribution in [0.15, 0.2) is 0 Å². The van der Waals surface area contributed by atoms with Crippen LogP contribution in [0.1, 0.15) is 34.6 Å². The van der Waals surface area contributed by atoms with Crippen molar-refractivity contribution < 1.29 is 4.74 Å². The van der Waals surface area contributed by atoms with Crippen molar-refractivity contribution in [1.29, 1.82) is 0 Å². The Balaban J connectivity index is 0. The molecule has 76 valence electrons. The first kappa shape index (κ1) is 14.4. The fourth-order valence-corrected chi connectivity index (χ4v) is 0.917. The maximum absolute atomic E-state index is 5.16. The third-order valence-electron chi connectivity index (χ3n) is 1.55. The molecule has 2 heteroatoms. The van der Waals surface area contributed by atoms with E-state index in [0.717, 1.165) is 26.3 Å². The fraction of sp³-hybridized carbons (Fsp3) is 1.00. The molecule has 0 spiro atoms. The minimum absolute atomic E-state index is 0.924. The molecule has 1 rings (SSSR count). The van der Waals surface area contributed by atoms with Gasteiger partial charge in [0.25, 0.3) is 0 Å². The number of nitrogens with zero attached hydrogens (tertiary/aromatic N) is 1. The van der Waals surface area contributed by atoms with Crippen molar-refractivity contribution in [2.75, 3.05) is 32.8 Å². The molecule has 0 atom stereocenters. The summed E-state index contributed by atoms with van der Waals surface area (Å²) in [4.78, 5) is 2.39. The highest BCUT2D eigenvalue weighted by Crippen LogP contribution is 1.93. The van der Waals surface area contributed by atoms with Crippen LogP contribution < -0.4 is 0 Å². The lowest BCUT2D eigenvalue weighted by Crippen LogP contribution is -2.35. The van der Waals surface area contributed by atoms with E-state index in [1.165, 1.54) is 6.54 Å². The molecule has 0 N–H and O–H groups in total. The van der Waals surface area contributed by atoms with E-state index in [2.05, 4.69) is 11.8 Å². The molecule has 12 heavy (non-hydrogen) atoms. The second kappa shape index (κ2) is 13.5. The molecule has 0 aromatic rings. The van der Waals surface area contributed by atoms with Crippen LogP contribution in [-0.2, 0) is 4.74 Å². The number of morpholine rings is 1. The van der Waals surface area contributed by atoms with Gasteiger partial charge in [0.15, 0.2) is 0 Å². The van der Waals surface area contributed by atoms with Gasteiger partial charge < -0.3 is 4.74 Å². The van der Waals surface area contributed by atoms with Crippen LogP contribution in [-0.4, -0.2) is 37.7 Å². The SMILES string of the molecule is CC.CC.CCN1CCOCC1. The molecule has 0 amide bonds. The van der Waals surface area contributed by atoms with Gasteiger partial charge in [-0.15, -0.1) is 0 Å². The molecule has 2 nitrogen and oxygen atoms in total. The summed E-state index contributed by atoms with van der Waals surface area (Å²) in [6, 6.07) is 0. The summed E-state index contributed by atoms with van der Waals surface area (Å²) >= 11 is 0. The van der Waals surface area contributed by atoms with Crippen molar-refractivity contribution in [3.63, 3.8) is 0 Å². The predicted molar refractivity (Wildman–Crippen MR) is 55.6 cm³/mol. The number of likely N-dealkylation sites (N-methyl/N-ethyl adjacent to an activating group) is 1. The average Bonchev–Trinajstić information content (AvgIpc) is 2.25. The number of rotatable bonds is 1. The molecular weight excluding hydrogens is 150 g/mol. The van der Waals surface area contributed by atoms with Gasteiger partial charge in [0.05, 0.1) is 13.2 Å². The summed E-state index contributed by atoms with van der Waals surface area (Å²) in [5.74, 6) is 0. The first-order valence-corrected chi connectivity index (χ1v) is 5.23. The quantitative estimate of drug-likeness (QED) is 0.607. The van der Waals surface area contributed by atoms with Crippen LogP contribution in [0.25, 0.3) is 0 Å². The van der Waals surface area contributed by atoms with E-state index in [-0.39, 0.29) is 0 Å². The second-order valence-corrected chi connectivity index (χ2v) is 2.05. The van der Waals surface area contributed by atoms with Gasteiger partial charge in [0.2, 0.25) is 0 Å². The molecule has 1 fully saturated rings. The van der Waals surface area contributed by atoms with Gasteiger partial charge in [-0.05, 0) is 6.54 Å². The maximum atomic E-state index is 5.16. The highest BCUT2D eigenvalue weighted by atomic mass is 16.5. The number of hydrogen-bond donors (Lipinski definition) is 0. The van der Waals surface area contributed by atoms with E-state index in [9.17, 15) is 0 Å². The molecule has 1 aliphatic heterocycles. The zero-order chi connectivity index (χ0) is 9.82. The van der Waals surface area contributed by atoms with Crippen molar-refractivity contribution in [2.45, 2.75) is 34.6 Å². The molecule has 0 saturated carbocycles. The molecule has 0 aromatic heterocycles. The van der Waals surface area contributed by atoms with Crippen molar-refractivity contribution in [1.82, 2.24) is 4.90 Å². The zero-order valence-corrected chi connectivity index (χ0v) is 9.39. The van der Waals surface area contributed by atoms with Crippen LogP contribution in [0.4, 0.5) is 0 Å². The average molecular weight is 175 g/mol. The van der Waals surface area contributed by atoms with Crippen LogP contribution in [0.3, 0.4) is 0 Å². The summed E-state index contributed by atoms with van der Waals surface area (Å²) in [6.07, 6.45) is 0. The molecule has 0 bridgehead atoms. The topological polar surface area (TPSA) is 12.5 Å². The Bertz CT molecular complexity index is 60.9. The number of hydrogen-bond acceptors (Lipinski definition) is 2. The van der Waals surface area contributed by atoms with Gasteiger partial charge in [-0.3, -0.25) is 4.90 Å². The van der Waals surface area contributed by atoms with Gasteiger partial charge >= 0.3 is 0 Å². The van der Waals surface area contributed by atoms with Gasteiger partial charge in [-0.2, -0.15) is 0 Å². The van der Waals surface area contributed by atoms with Gasteiger partial charge in [0, 0.05) is 13.1 Å². The largest absolute Gasteiger partial charge is 0.379 e. The van der Waals surface area contributed by atoms with Gasteiger partial charge in [-0.25, -0.2) is 0 Å². The molecule has 1 aliphatic rings. The van der Waals surface area contributed by atoms with Crippen LogP contribution in [0.2, 0.25) is 0 Å². The highest BCUT2D eigenvalue weighted by molar-refractivity contribution is 4.57. The molecule has 0 unspecified atom stereocenters. The lowest BCUT2D eigenvalue weighted by atomic mass is 10.4. The number of ether oxygens (including phenoxy) is 1. The standard InChI is InChI=1S/C6H13NO.2C2H6/c1-2-7-3-5-8-6-4-7;2*1-2/h2-6H2,1H3;2*1-2H3.